The van der Waals surface area contributed by atoms with Crippen LogP contribution in [0.5, 0.6) is 0 Å². The molecule has 4 fully saturated rings. The first-order valence-corrected chi connectivity index (χ1v) is 15.5. The maximum Gasteiger partial charge on any atom is 0.238 e. The van der Waals surface area contributed by atoms with E-state index in [4.69, 9.17) is 15.0 Å². The molecule has 4 saturated carbocycles. The molecule has 0 radical (unpaired) electrons. The minimum Gasteiger partial charge on any atom is -0.278 e. The van der Waals surface area contributed by atoms with Crippen molar-refractivity contribution in [2.75, 3.05) is 0 Å². The van der Waals surface area contributed by atoms with Crippen LogP contribution in [-0.4, -0.2) is 19.5 Å². The van der Waals surface area contributed by atoms with Crippen molar-refractivity contribution < 1.29 is 0 Å². The predicted octanol–water partition coefficient (Wildman–Crippen LogP) is 8.64. The summed E-state index contributed by atoms with van der Waals surface area (Å²) in [7, 11) is 0. The molecule has 10 rings (SSSR count). The highest BCUT2D eigenvalue weighted by molar-refractivity contribution is 6.09. The molecule has 5 nitrogen and oxygen atoms in total. The predicted molar refractivity (Wildman–Crippen MR) is 170 cm³/mol. The van der Waals surface area contributed by atoms with Crippen molar-refractivity contribution in [3.8, 4) is 34.8 Å². The van der Waals surface area contributed by atoms with E-state index in [0.29, 0.717) is 28.6 Å². The Kier molecular flexibility index (Phi) is 5.38. The van der Waals surface area contributed by atoms with Crippen molar-refractivity contribution in [1.29, 1.82) is 5.26 Å². The minimum atomic E-state index is 0.359. The summed E-state index contributed by atoms with van der Waals surface area (Å²) in [5, 5.41) is 11.7. The number of hydrogen-bond donors (Lipinski definition) is 0. The van der Waals surface area contributed by atoms with Crippen molar-refractivity contribution in [3.05, 3.63) is 108 Å². The molecule has 4 bridgehead atoms. The second-order valence-electron chi connectivity index (χ2n) is 13.1. The lowest BCUT2D eigenvalue weighted by molar-refractivity contribution is -0.00518. The molecule has 2 aromatic heterocycles. The average molecular weight is 558 g/mol. The van der Waals surface area contributed by atoms with Crippen molar-refractivity contribution in [1.82, 2.24) is 19.5 Å². The third-order valence-electron chi connectivity index (χ3n) is 10.5. The Bertz CT molecular complexity index is 2030. The first kappa shape index (κ1) is 24.7. The molecule has 208 valence electrons. The van der Waals surface area contributed by atoms with Gasteiger partial charge in [-0.05, 0) is 91.5 Å². The summed E-state index contributed by atoms with van der Waals surface area (Å²) < 4.78 is 2.10. The zero-order valence-electron chi connectivity index (χ0n) is 23.9. The van der Waals surface area contributed by atoms with E-state index < -0.39 is 0 Å². The number of hydrogen-bond acceptors (Lipinski definition) is 4. The Morgan fingerprint density at radius 2 is 1.23 bits per heavy atom. The van der Waals surface area contributed by atoms with Crippen LogP contribution >= 0.6 is 0 Å². The summed E-state index contributed by atoms with van der Waals surface area (Å²) in [5.74, 6) is 4.64. The molecular formula is C38H31N5. The highest BCUT2D eigenvalue weighted by Crippen LogP contribution is 2.60. The fourth-order valence-corrected chi connectivity index (χ4v) is 9.01. The Morgan fingerprint density at radius 1 is 0.628 bits per heavy atom. The lowest BCUT2D eigenvalue weighted by atomic mass is 9.48. The van der Waals surface area contributed by atoms with Crippen molar-refractivity contribution in [3.63, 3.8) is 0 Å². The fourth-order valence-electron chi connectivity index (χ4n) is 9.01. The van der Waals surface area contributed by atoms with Gasteiger partial charge in [0.05, 0.1) is 22.7 Å². The number of para-hydroxylation sites is 1. The van der Waals surface area contributed by atoms with Crippen molar-refractivity contribution >= 4 is 21.8 Å². The van der Waals surface area contributed by atoms with Crippen LogP contribution in [0, 0.1) is 29.1 Å². The largest absolute Gasteiger partial charge is 0.278 e. The van der Waals surface area contributed by atoms with Gasteiger partial charge in [0, 0.05) is 21.9 Å². The van der Waals surface area contributed by atoms with Gasteiger partial charge in [-0.1, -0.05) is 72.8 Å². The van der Waals surface area contributed by atoms with Crippen LogP contribution < -0.4 is 0 Å². The summed E-state index contributed by atoms with van der Waals surface area (Å²) in [6.07, 6.45) is 8.42. The molecule has 43 heavy (non-hydrogen) atoms. The zero-order valence-corrected chi connectivity index (χ0v) is 23.9. The highest BCUT2D eigenvalue weighted by atomic mass is 15.2. The fraction of sp³-hybridized carbons (Fsp3) is 0.263. The van der Waals surface area contributed by atoms with E-state index in [-0.39, 0.29) is 0 Å². The van der Waals surface area contributed by atoms with Crippen LogP contribution in [0.1, 0.15) is 49.7 Å². The van der Waals surface area contributed by atoms with Crippen molar-refractivity contribution in [2.45, 2.75) is 43.9 Å². The summed E-state index contributed by atoms with van der Waals surface area (Å²) >= 11 is 0. The Morgan fingerprint density at radius 3 is 1.91 bits per heavy atom. The first-order valence-electron chi connectivity index (χ1n) is 15.5. The van der Waals surface area contributed by atoms with Crippen LogP contribution in [0.3, 0.4) is 0 Å². The molecular weight excluding hydrogens is 526 g/mol. The lowest BCUT2D eigenvalue weighted by Crippen LogP contribution is -2.48. The molecule has 5 heteroatoms. The van der Waals surface area contributed by atoms with E-state index in [2.05, 4.69) is 47.0 Å². The molecule has 0 aliphatic heterocycles. The standard InChI is InChI=1S/C38H31N5/c39-23-24-10-15-34-32(19-24)31-8-4-5-9-33(31)43(34)37-41-35(28-6-2-1-3-7-28)40-36(42-37)29-11-13-30(14-12-29)38-20-25-16-26(21-38)18-27(17-25)22-38/h1-15,19,25-27H,16-18,20-22H2. The van der Waals surface area contributed by atoms with Crippen molar-refractivity contribution in [2.24, 2.45) is 17.8 Å². The van der Waals surface area contributed by atoms with Gasteiger partial charge in [-0.2, -0.15) is 15.2 Å². The molecule has 2 heterocycles. The third-order valence-corrected chi connectivity index (χ3v) is 10.5. The van der Waals surface area contributed by atoms with E-state index >= 15 is 0 Å². The number of fused-ring (bicyclic) bond motifs is 3. The van der Waals surface area contributed by atoms with Gasteiger partial charge in [0.15, 0.2) is 11.6 Å². The zero-order chi connectivity index (χ0) is 28.5. The maximum absolute atomic E-state index is 9.59. The average Bonchev–Trinajstić information content (AvgIpc) is 3.38. The van der Waals surface area contributed by atoms with Gasteiger partial charge in [-0.3, -0.25) is 4.57 Å². The van der Waals surface area contributed by atoms with Crippen LogP contribution in [0.4, 0.5) is 0 Å². The first-order chi connectivity index (χ1) is 21.2. The van der Waals surface area contributed by atoms with E-state index in [1.165, 1.54) is 44.1 Å². The van der Waals surface area contributed by atoms with Gasteiger partial charge >= 0.3 is 0 Å². The smallest absolute Gasteiger partial charge is 0.238 e. The molecule has 4 aliphatic carbocycles. The second-order valence-corrected chi connectivity index (χ2v) is 13.1. The van der Waals surface area contributed by atoms with Crippen LogP contribution in [0.2, 0.25) is 0 Å². The van der Waals surface area contributed by atoms with Gasteiger partial charge in [-0.15, -0.1) is 0 Å². The number of nitrogens with zero attached hydrogens (tertiary/aromatic N) is 5. The molecule has 4 aliphatic rings. The molecule has 0 N–H and O–H groups in total. The van der Waals surface area contributed by atoms with E-state index in [1.54, 1.807) is 0 Å². The van der Waals surface area contributed by atoms with Gasteiger partial charge in [0.2, 0.25) is 5.95 Å². The number of rotatable bonds is 4. The van der Waals surface area contributed by atoms with Crippen LogP contribution in [-0.2, 0) is 5.41 Å². The topological polar surface area (TPSA) is 67.4 Å². The number of benzene rings is 4. The molecule has 6 aromatic rings. The van der Waals surface area contributed by atoms with E-state index in [9.17, 15) is 5.26 Å². The summed E-state index contributed by atoms with van der Waals surface area (Å²) in [6, 6.07) is 35.7. The molecule has 4 aromatic carbocycles. The number of aromatic nitrogens is 4. The number of nitriles is 1. The summed E-state index contributed by atoms with van der Waals surface area (Å²) in [4.78, 5) is 15.2. The maximum atomic E-state index is 9.59. The quantitative estimate of drug-likeness (QED) is 0.218. The Hall–Kier alpha value is -4.82. The minimum absolute atomic E-state index is 0.359. The van der Waals surface area contributed by atoms with Gasteiger partial charge in [-0.25, -0.2) is 4.98 Å². The van der Waals surface area contributed by atoms with E-state index in [0.717, 1.165) is 50.7 Å². The van der Waals surface area contributed by atoms with Crippen LogP contribution in [0.25, 0.3) is 50.5 Å². The monoisotopic (exact) mass is 557 g/mol. The van der Waals surface area contributed by atoms with Gasteiger partial charge in [0.25, 0.3) is 0 Å². The second kappa shape index (κ2) is 9.34. The molecule has 0 unspecified atom stereocenters. The lowest BCUT2D eigenvalue weighted by Gasteiger charge is -2.57. The summed E-state index contributed by atoms with van der Waals surface area (Å²) in [6.45, 7) is 0. The van der Waals surface area contributed by atoms with Gasteiger partial charge < -0.3 is 0 Å². The Balaban J connectivity index is 1.20. The molecule has 0 atom stereocenters. The molecule has 0 amide bonds. The third kappa shape index (κ3) is 3.93. The molecule has 0 saturated heterocycles. The highest BCUT2D eigenvalue weighted by Gasteiger charge is 2.51. The normalized spacial score (nSPS) is 24.0. The summed E-state index contributed by atoms with van der Waals surface area (Å²) in [5.41, 5.74) is 6.42. The van der Waals surface area contributed by atoms with Crippen LogP contribution in [0.15, 0.2) is 97.1 Å². The van der Waals surface area contributed by atoms with E-state index in [1.807, 2.05) is 60.7 Å². The van der Waals surface area contributed by atoms with Gasteiger partial charge in [0.1, 0.15) is 0 Å². The Labute approximate surface area is 250 Å². The SMILES string of the molecule is N#Cc1ccc2c(c1)c1ccccc1n2-c1nc(-c2ccccc2)nc(-c2ccc(C34CC5CC(CC(C5)C3)C4)cc2)n1. The molecule has 0 spiro atoms.